The quantitative estimate of drug-likeness (QED) is 0.487. The lowest BCUT2D eigenvalue weighted by Crippen LogP contribution is -2.32. The molecule has 0 saturated carbocycles. The predicted octanol–water partition coefficient (Wildman–Crippen LogP) is 5.48. The van der Waals surface area contributed by atoms with E-state index in [0.29, 0.717) is 0 Å². The van der Waals surface area contributed by atoms with E-state index in [9.17, 15) is 9.18 Å². The van der Waals surface area contributed by atoms with Crippen LogP contribution in [0.5, 0.6) is 0 Å². The predicted molar refractivity (Wildman–Crippen MR) is 117 cm³/mol. The van der Waals surface area contributed by atoms with Gasteiger partial charge in [0.1, 0.15) is 5.82 Å². The van der Waals surface area contributed by atoms with Crippen molar-refractivity contribution in [3.8, 4) is 0 Å². The molecule has 0 bridgehead atoms. The number of halogens is 1. The van der Waals surface area contributed by atoms with E-state index in [-0.39, 0.29) is 17.6 Å². The summed E-state index contributed by atoms with van der Waals surface area (Å²) in [6.45, 7) is 1.89. The number of benzene rings is 3. The number of amides is 1. The molecule has 148 valence electrons. The van der Waals surface area contributed by atoms with Crippen molar-refractivity contribution in [3.63, 3.8) is 0 Å². The Balaban J connectivity index is 1.65. The molecule has 1 amide bonds. The third kappa shape index (κ3) is 2.99. The first-order chi connectivity index (χ1) is 14.6. The van der Waals surface area contributed by atoms with Crippen molar-refractivity contribution >= 4 is 28.2 Å². The number of aromatic amines is 1. The summed E-state index contributed by atoms with van der Waals surface area (Å²) >= 11 is 0. The van der Waals surface area contributed by atoms with Crippen molar-refractivity contribution in [1.82, 2.24) is 4.98 Å². The summed E-state index contributed by atoms with van der Waals surface area (Å²) in [6.07, 6.45) is 1.95. The minimum absolute atomic E-state index is 0.0849. The van der Waals surface area contributed by atoms with Gasteiger partial charge < -0.3 is 4.98 Å². The van der Waals surface area contributed by atoms with Gasteiger partial charge in [-0.15, -0.1) is 0 Å². The number of anilines is 1. The molecule has 1 aliphatic heterocycles. The van der Waals surface area contributed by atoms with E-state index in [1.807, 2.05) is 67.7 Å². The molecule has 5 rings (SSSR count). The molecule has 4 nitrogen and oxygen atoms in total. The Bertz CT molecular complexity index is 1240. The van der Waals surface area contributed by atoms with Gasteiger partial charge in [-0.3, -0.25) is 4.79 Å². The SMILES string of the molecule is CC1=NN(c2ccccc2)C(=O)C1C(c1ccc(F)cc1)c1c[nH]c2ccccc12. The van der Waals surface area contributed by atoms with Crippen LogP contribution in [0.1, 0.15) is 24.0 Å². The zero-order chi connectivity index (χ0) is 20.7. The van der Waals surface area contributed by atoms with Gasteiger partial charge in [0.05, 0.1) is 11.6 Å². The number of hydrazone groups is 1. The largest absolute Gasteiger partial charge is 0.361 e. The number of carbonyl (C=O) groups excluding carboxylic acids is 1. The highest BCUT2D eigenvalue weighted by atomic mass is 19.1. The second-order valence-electron chi connectivity index (χ2n) is 7.52. The second kappa shape index (κ2) is 7.26. The summed E-state index contributed by atoms with van der Waals surface area (Å²) in [5.74, 6) is -1.15. The molecule has 2 atom stereocenters. The molecule has 0 spiro atoms. The van der Waals surface area contributed by atoms with Crippen LogP contribution in [0.3, 0.4) is 0 Å². The molecule has 1 aromatic heterocycles. The van der Waals surface area contributed by atoms with E-state index in [0.717, 1.165) is 33.4 Å². The molecule has 0 radical (unpaired) electrons. The molecule has 2 unspecified atom stereocenters. The Labute approximate surface area is 173 Å². The molecule has 5 heteroatoms. The zero-order valence-corrected chi connectivity index (χ0v) is 16.4. The monoisotopic (exact) mass is 397 g/mol. The van der Waals surface area contributed by atoms with Crippen LogP contribution in [0.25, 0.3) is 10.9 Å². The van der Waals surface area contributed by atoms with Gasteiger partial charge in [0, 0.05) is 28.7 Å². The van der Waals surface area contributed by atoms with Crippen molar-refractivity contribution in [1.29, 1.82) is 0 Å². The summed E-state index contributed by atoms with van der Waals surface area (Å²) < 4.78 is 13.7. The summed E-state index contributed by atoms with van der Waals surface area (Å²) in [5.41, 5.74) is 4.35. The van der Waals surface area contributed by atoms with Gasteiger partial charge in [0.25, 0.3) is 5.91 Å². The average molecular weight is 397 g/mol. The number of nitrogens with zero attached hydrogens (tertiary/aromatic N) is 2. The maximum absolute atomic E-state index is 13.7. The number of carbonyl (C=O) groups is 1. The number of para-hydroxylation sites is 2. The van der Waals surface area contributed by atoms with Gasteiger partial charge in [0.2, 0.25) is 0 Å². The molecular formula is C25H20FN3O. The highest BCUT2D eigenvalue weighted by molar-refractivity contribution is 6.16. The van der Waals surface area contributed by atoms with E-state index in [2.05, 4.69) is 10.1 Å². The fraction of sp³-hybridized carbons (Fsp3) is 0.120. The maximum Gasteiger partial charge on any atom is 0.257 e. The van der Waals surface area contributed by atoms with Crippen LogP contribution in [0.15, 0.2) is 90.2 Å². The van der Waals surface area contributed by atoms with Crippen LogP contribution in [0.4, 0.5) is 10.1 Å². The van der Waals surface area contributed by atoms with Crippen LogP contribution in [-0.4, -0.2) is 16.6 Å². The Morgan fingerprint density at radius 1 is 0.967 bits per heavy atom. The van der Waals surface area contributed by atoms with E-state index in [1.165, 1.54) is 17.1 Å². The molecular weight excluding hydrogens is 377 g/mol. The third-order valence-corrected chi connectivity index (χ3v) is 5.70. The molecule has 1 N–H and O–H groups in total. The number of hydrogen-bond acceptors (Lipinski definition) is 2. The minimum Gasteiger partial charge on any atom is -0.361 e. The standard InChI is InChI=1S/C25H20FN3O/c1-16-23(25(30)29(28-16)19-7-3-2-4-8-19)24(17-11-13-18(26)14-12-17)21-15-27-22-10-6-5-9-20(21)22/h2-15,23-24,27H,1H3. The summed E-state index contributed by atoms with van der Waals surface area (Å²) in [7, 11) is 0. The van der Waals surface area contributed by atoms with Crippen LogP contribution in [0, 0.1) is 11.7 Å². The van der Waals surface area contributed by atoms with Crippen molar-refractivity contribution in [3.05, 3.63) is 102 Å². The number of aromatic nitrogens is 1. The topological polar surface area (TPSA) is 48.5 Å². The lowest BCUT2D eigenvalue weighted by atomic mass is 9.78. The number of hydrogen-bond donors (Lipinski definition) is 1. The zero-order valence-electron chi connectivity index (χ0n) is 16.4. The summed E-state index contributed by atoms with van der Waals surface area (Å²) in [6, 6.07) is 23.8. The van der Waals surface area contributed by atoms with Crippen molar-refractivity contribution in [2.24, 2.45) is 11.0 Å². The Kier molecular flexibility index (Phi) is 4.43. The Morgan fingerprint density at radius 3 is 2.43 bits per heavy atom. The van der Waals surface area contributed by atoms with E-state index in [4.69, 9.17) is 0 Å². The Morgan fingerprint density at radius 2 is 1.67 bits per heavy atom. The molecule has 0 aliphatic carbocycles. The first kappa shape index (κ1) is 18.3. The number of H-pyrrole nitrogens is 1. The summed E-state index contributed by atoms with van der Waals surface area (Å²) in [5, 5.41) is 7.12. The smallest absolute Gasteiger partial charge is 0.257 e. The molecule has 1 aliphatic rings. The first-order valence-corrected chi connectivity index (χ1v) is 9.89. The van der Waals surface area contributed by atoms with Crippen LogP contribution in [-0.2, 0) is 4.79 Å². The fourth-order valence-electron chi connectivity index (χ4n) is 4.29. The number of nitrogens with one attached hydrogen (secondary N) is 1. The maximum atomic E-state index is 13.7. The minimum atomic E-state index is -0.477. The fourth-order valence-corrected chi connectivity index (χ4v) is 4.29. The summed E-state index contributed by atoms with van der Waals surface area (Å²) in [4.78, 5) is 16.9. The van der Waals surface area contributed by atoms with Gasteiger partial charge in [-0.2, -0.15) is 5.10 Å². The van der Waals surface area contributed by atoms with Gasteiger partial charge in [-0.05, 0) is 48.4 Å². The third-order valence-electron chi connectivity index (χ3n) is 5.70. The van der Waals surface area contributed by atoms with Gasteiger partial charge in [0.15, 0.2) is 0 Å². The van der Waals surface area contributed by atoms with Crippen molar-refractivity contribution in [2.75, 3.05) is 5.01 Å². The highest BCUT2D eigenvalue weighted by Gasteiger charge is 2.42. The van der Waals surface area contributed by atoms with Crippen molar-refractivity contribution in [2.45, 2.75) is 12.8 Å². The Hall–Kier alpha value is -3.73. The van der Waals surface area contributed by atoms with E-state index >= 15 is 0 Å². The molecule has 3 aromatic carbocycles. The lowest BCUT2D eigenvalue weighted by molar-refractivity contribution is -0.120. The molecule has 0 saturated heterocycles. The normalized spacial score (nSPS) is 17.4. The van der Waals surface area contributed by atoms with Crippen LogP contribution in [0.2, 0.25) is 0 Å². The number of fused-ring (bicyclic) bond motifs is 1. The first-order valence-electron chi connectivity index (χ1n) is 9.89. The molecule has 4 aromatic rings. The molecule has 30 heavy (non-hydrogen) atoms. The second-order valence-corrected chi connectivity index (χ2v) is 7.52. The van der Waals surface area contributed by atoms with Crippen molar-refractivity contribution < 1.29 is 9.18 Å². The van der Waals surface area contributed by atoms with Crippen LogP contribution >= 0.6 is 0 Å². The molecule has 2 heterocycles. The highest BCUT2D eigenvalue weighted by Crippen LogP contribution is 2.41. The van der Waals surface area contributed by atoms with Gasteiger partial charge in [-0.25, -0.2) is 9.40 Å². The average Bonchev–Trinajstić information content (AvgIpc) is 3.32. The van der Waals surface area contributed by atoms with Crippen LogP contribution < -0.4 is 5.01 Å². The lowest BCUT2D eigenvalue weighted by Gasteiger charge is -2.24. The van der Waals surface area contributed by atoms with Gasteiger partial charge in [-0.1, -0.05) is 48.5 Å². The molecule has 0 fully saturated rings. The van der Waals surface area contributed by atoms with E-state index < -0.39 is 5.92 Å². The van der Waals surface area contributed by atoms with Gasteiger partial charge >= 0.3 is 0 Å². The van der Waals surface area contributed by atoms with E-state index in [1.54, 1.807) is 12.1 Å². The number of rotatable bonds is 4.